The minimum Gasteiger partial charge on any atom is -0.345 e. The van der Waals surface area contributed by atoms with Crippen molar-refractivity contribution in [3.8, 4) is 10.7 Å². The van der Waals surface area contributed by atoms with Gasteiger partial charge in [0.1, 0.15) is 14.8 Å². The molecular formula is C23H35N5O3S2. The molecule has 2 aliphatic heterocycles. The fraction of sp³-hybridized carbons (Fsp3) is 0.652. The number of aromatic nitrogens is 2. The van der Waals surface area contributed by atoms with E-state index in [0.717, 1.165) is 51.5 Å². The van der Waals surface area contributed by atoms with Crippen molar-refractivity contribution in [3.05, 3.63) is 22.3 Å². The summed E-state index contributed by atoms with van der Waals surface area (Å²) in [5, 5.41) is 0.671. The van der Waals surface area contributed by atoms with Crippen LogP contribution in [0.15, 0.2) is 11.0 Å². The van der Waals surface area contributed by atoms with Gasteiger partial charge in [0.05, 0.1) is 11.4 Å². The number of nitrogens with zero attached hydrogens (tertiary/aromatic N) is 4. The molecule has 33 heavy (non-hydrogen) atoms. The van der Waals surface area contributed by atoms with Crippen LogP contribution >= 0.6 is 11.3 Å². The zero-order valence-corrected chi connectivity index (χ0v) is 21.7. The summed E-state index contributed by atoms with van der Waals surface area (Å²) < 4.78 is 30.8. The Labute approximate surface area is 201 Å². The van der Waals surface area contributed by atoms with E-state index >= 15 is 0 Å². The highest BCUT2D eigenvalue weighted by atomic mass is 32.2. The Morgan fingerprint density at radius 3 is 2.52 bits per heavy atom. The SMILES string of the molecule is Cc1nc(-c2cc(S(=O)(=O)NCCN3CCC(C)CC3)c(C)n2C)sc1C(=O)N1CCCC1. The molecular weight excluding hydrogens is 458 g/mol. The molecule has 0 unspecified atom stereocenters. The van der Waals surface area contributed by atoms with Gasteiger partial charge in [-0.2, -0.15) is 0 Å². The number of nitrogens with one attached hydrogen (secondary N) is 1. The van der Waals surface area contributed by atoms with E-state index in [0.29, 0.717) is 33.5 Å². The molecule has 4 rings (SSSR count). The summed E-state index contributed by atoms with van der Waals surface area (Å²) in [6, 6.07) is 1.68. The summed E-state index contributed by atoms with van der Waals surface area (Å²) in [6.07, 6.45) is 4.42. The van der Waals surface area contributed by atoms with Crippen LogP contribution < -0.4 is 4.72 Å². The fourth-order valence-corrected chi connectivity index (χ4v) is 7.01. The van der Waals surface area contributed by atoms with Crippen molar-refractivity contribution < 1.29 is 13.2 Å². The van der Waals surface area contributed by atoms with Crippen LogP contribution in [0.5, 0.6) is 0 Å². The van der Waals surface area contributed by atoms with Gasteiger partial charge in [0.15, 0.2) is 0 Å². The molecule has 4 heterocycles. The number of hydrogen-bond acceptors (Lipinski definition) is 6. The highest BCUT2D eigenvalue weighted by Crippen LogP contribution is 2.33. The molecule has 0 aromatic carbocycles. The number of rotatable bonds is 7. The lowest BCUT2D eigenvalue weighted by Gasteiger charge is -2.30. The second-order valence-corrected chi connectivity index (χ2v) is 12.1. The third-order valence-corrected chi connectivity index (χ3v) is 9.72. The van der Waals surface area contributed by atoms with Gasteiger partial charge in [-0.1, -0.05) is 6.92 Å². The molecule has 10 heteroatoms. The highest BCUT2D eigenvalue weighted by molar-refractivity contribution is 7.89. The first-order valence-electron chi connectivity index (χ1n) is 11.8. The molecule has 2 aromatic heterocycles. The second kappa shape index (κ2) is 9.85. The molecule has 2 saturated heterocycles. The van der Waals surface area contributed by atoms with Crippen LogP contribution in [-0.4, -0.2) is 72.9 Å². The van der Waals surface area contributed by atoms with Gasteiger partial charge in [-0.05, 0) is 64.6 Å². The van der Waals surface area contributed by atoms with E-state index in [1.165, 1.54) is 24.2 Å². The van der Waals surface area contributed by atoms with Crippen LogP contribution in [0.4, 0.5) is 0 Å². The molecule has 0 bridgehead atoms. The number of piperidine rings is 1. The maximum Gasteiger partial charge on any atom is 0.265 e. The van der Waals surface area contributed by atoms with Gasteiger partial charge >= 0.3 is 0 Å². The van der Waals surface area contributed by atoms with E-state index in [4.69, 9.17) is 0 Å². The minimum atomic E-state index is -3.64. The smallest absolute Gasteiger partial charge is 0.265 e. The number of amides is 1. The standard InChI is InChI=1S/C23H35N5O3S2/c1-16-7-12-27(13-8-16)14-9-24-33(30,31)20-15-19(26(4)18(20)3)22-25-17(2)21(32-22)23(29)28-10-5-6-11-28/h15-16,24H,5-14H2,1-4H3. The number of sulfonamides is 1. The molecule has 0 radical (unpaired) electrons. The number of carbonyl (C=O) groups is 1. The molecule has 8 nitrogen and oxygen atoms in total. The summed E-state index contributed by atoms with van der Waals surface area (Å²) in [5.74, 6) is 0.783. The van der Waals surface area contributed by atoms with Gasteiger partial charge in [0.2, 0.25) is 10.0 Å². The third-order valence-electron chi connectivity index (χ3n) is 6.98. The molecule has 0 atom stereocenters. The van der Waals surface area contributed by atoms with Gasteiger partial charge in [0.25, 0.3) is 5.91 Å². The van der Waals surface area contributed by atoms with Crippen molar-refractivity contribution in [1.82, 2.24) is 24.1 Å². The van der Waals surface area contributed by atoms with Crippen molar-refractivity contribution in [1.29, 1.82) is 0 Å². The van der Waals surface area contributed by atoms with Crippen LogP contribution in [0.3, 0.4) is 0 Å². The van der Waals surface area contributed by atoms with Crippen molar-refractivity contribution in [2.45, 2.75) is 51.3 Å². The first kappa shape index (κ1) is 24.4. The Balaban J connectivity index is 1.49. The van der Waals surface area contributed by atoms with Crippen LogP contribution in [0.1, 0.15) is 53.7 Å². The third kappa shape index (κ3) is 5.18. The molecule has 0 aliphatic carbocycles. The van der Waals surface area contributed by atoms with E-state index in [2.05, 4.69) is 21.5 Å². The van der Waals surface area contributed by atoms with Crippen LogP contribution in [-0.2, 0) is 17.1 Å². The van der Waals surface area contributed by atoms with Gasteiger partial charge in [-0.15, -0.1) is 11.3 Å². The highest BCUT2D eigenvalue weighted by Gasteiger charge is 2.27. The molecule has 0 spiro atoms. The molecule has 1 amide bonds. The molecule has 2 aromatic rings. The molecule has 2 aliphatic rings. The van der Waals surface area contributed by atoms with Crippen LogP contribution in [0.2, 0.25) is 0 Å². The topological polar surface area (TPSA) is 87.5 Å². The maximum absolute atomic E-state index is 13.1. The summed E-state index contributed by atoms with van der Waals surface area (Å²) in [7, 11) is -1.80. The molecule has 2 fully saturated rings. The summed E-state index contributed by atoms with van der Waals surface area (Å²) >= 11 is 1.35. The number of thiazole rings is 1. The molecule has 182 valence electrons. The predicted molar refractivity (Wildman–Crippen MR) is 131 cm³/mol. The number of likely N-dealkylation sites (tertiary alicyclic amines) is 2. The van der Waals surface area contributed by atoms with Gasteiger partial charge in [0, 0.05) is 38.9 Å². The molecule has 0 saturated carbocycles. The summed E-state index contributed by atoms with van der Waals surface area (Å²) in [6.45, 7) is 10.7. The van der Waals surface area contributed by atoms with Crippen molar-refractivity contribution in [2.24, 2.45) is 13.0 Å². The van der Waals surface area contributed by atoms with E-state index < -0.39 is 10.0 Å². The fourth-order valence-electron chi connectivity index (χ4n) is 4.62. The van der Waals surface area contributed by atoms with Gasteiger partial charge in [-0.3, -0.25) is 4.79 Å². The number of hydrogen-bond donors (Lipinski definition) is 1. The quantitative estimate of drug-likeness (QED) is 0.641. The van der Waals surface area contributed by atoms with Crippen molar-refractivity contribution >= 4 is 27.3 Å². The van der Waals surface area contributed by atoms with E-state index in [1.807, 2.05) is 23.4 Å². The summed E-state index contributed by atoms with van der Waals surface area (Å²) in [4.78, 5) is 22.6. The van der Waals surface area contributed by atoms with E-state index in [9.17, 15) is 13.2 Å². The monoisotopic (exact) mass is 493 g/mol. The lowest BCUT2D eigenvalue weighted by molar-refractivity contribution is 0.0796. The summed E-state index contributed by atoms with van der Waals surface area (Å²) in [5.41, 5.74) is 2.07. The lowest BCUT2D eigenvalue weighted by atomic mass is 9.99. The number of aryl methyl sites for hydroxylation is 1. The Kier molecular flexibility index (Phi) is 7.28. The first-order chi connectivity index (χ1) is 15.7. The van der Waals surface area contributed by atoms with Crippen molar-refractivity contribution in [3.63, 3.8) is 0 Å². The van der Waals surface area contributed by atoms with Crippen LogP contribution in [0.25, 0.3) is 10.7 Å². The predicted octanol–water partition coefficient (Wildman–Crippen LogP) is 3.01. The minimum absolute atomic E-state index is 0.0290. The normalized spacial score (nSPS) is 18.4. The van der Waals surface area contributed by atoms with E-state index in [-0.39, 0.29) is 10.8 Å². The Hall–Kier alpha value is -1.75. The zero-order valence-electron chi connectivity index (χ0n) is 20.1. The zero-order chi connectivity index (χ0) is 23.8. The largest absolute Gasteiger partial charge is 0.345 e. The Morgan fingerprint density at radius 1 is 1.18 bits per heavy atom. The van der Waals surface area contributed by atoms with Gasteiger partial charge in [-0.25, -0.2) is 18.1 Å². The number of carbonyl (C=O) groups excluding carboxylic acids is 1. The van der Waals surface area contributed by atoms with E-state index in [1.54, 1.807) is 13.0 Å². The average molecular weight is 494 g/mol. The Morgan fingerprint density at radius 2 is 1.85 bits per heavy atom. The maximum atomic E-state index is 13.1. The average Bonchev–Trinajstić information content (AvgIpc) is 3.50. The lowest BCUT2D eigenvalue weighted by Crippen LogP contribution is -2.39. The van der Waals surface area contributed by atoms with Gasteiger partial charge < -0.3 is 14.4 Å². The first-order valence-corrected chi connectivity index (χ1v) is 14.1. The van der Waals surface area contributed by atoms with Crippen LogP contribution in [0, 0.1) is 19.8 Å². The Bertz CT molecular complexity index is 1110. The van der Waals surface area contributed by atoms with Crippen molar-refractivity contribution in [2.75, 3.05) is 39.3 Å². The second-order valence-electron chi connectivity index (χ2n) is 9.39. The molecule has 1 N–H and O–H groups in total.